The number of nitrogens with zero attached hydrogens (tertiary/aromatic N) is 2. The van der Waals surface area contributed by atoms with Crippen LogP contribution < -0.4 is 9.62 Å². The smallest absolute Gasteiger partial charge is 0.242 e. The topological polar surface area (TPSA) is 86.8 Å². The van der Waals surface area contributed by atoms with Crippen LogP contribution in [-0.2, 0) is 26.2 Å². The highest BCUT2D eigenvalue weighted by Gasteiger charge is 2.28. The van der Waals surface area contributed by atoms with Crippen LogP contribution in [0.1, 0.15) is 31.7 Å². The number of anilines is 1. The van der Waals surface area contributed by atoms with E-state index in [0.717, 1.165) is 11.8 Å². The second-order valence-corrected chi connectivity index (χ2v) is 10.3. The van der Waals surface area contributed by atoms with Gasteiger partial charge in [-0.3, -0.25) is 13.9 Å². The zero-order chi connectivity index (χ0) is 24.6. The van der Waals surface area contributed by atoms with E-state index in [1.165, 1.54) is 16.3 Å². The maximum absolute atomic E-state index is 13.2. The third-order valence-corrected chi connectivity index (χ3v) is 7.10. The molecule has 0 bridgehead atoms. The second-order valence-electron chi connectivity index (χ2n) is 7.58. The highest BCUT2D eigenvalue weighted by atomic mass is 35.5. The van der Waals surface area contributed by atoms with Crippen molar-refractivity contribution in [2.45, 2.75) is 38.8 Å². The average molecular weight is 514 g/mol. The number of sulfonamides is 1. The van der Waals surface area contributed by atoms with E-state index < -0.39 is 16.1 Å². The molecule has 0 aliphatic carbocycles. The molecule has 33 heavy (non-hydrogen) atoms. The summed E-state index contributed by atoms with van der Waals surface area (Å²) in [5.74, 6) is -0.522. The molecule has 0 saturated carbocycles. The number of hydrogen-bond acceptors (Lipinski definition) is 4. The quantitative estimate of drug-likeness (QED) is 0.490. The standard InChI is InChI=1S/C23H29Cl2N3O4S/c1-4-21(23(30)26-2)27(16-17-12-13-19(24)20(25)15-17)22(29)11-8-14-28(33(3,31)32)18-9-6-5-7-10-18/h5-7,9-10,12-13,15,21H,4,8,11,14,16H2,1-3H3,(H,26,30)/t21-/m1/s1. The minimum atomic E-state index is -3.51. The largest absolute Gasteiger partial charge is 0.357 e. The van der Waals surface area contributed by atoms with E-state index in [1.54, 1.807) is 48.5 Å². The van der Waals surface area contributed by atoms with Crippen molar-refractivity contribution in [3.05, 3.63) is 64.1 Å². The van der Waals surface area contributed by atoms with Crippen LogP contribution in [0, 0.1) is 0 Å². The molecular weight excluding hydrogens is 485 g/mol. The molecule has 180 valence electrons. The molecule has 1 atom stereocenters. The molecule has 0 aliphatic heterocycles. The Bertz CT molecular complexity index is 1060. The minimum Gasteiger partial charge on any atom is -0.357 e. The maximum atomic E-state index is 13.2. The number of rotatable bonds is 11. The molecule has 2 aromatic rings. The van der Waals surface area contributed by atoms with Gasteiger partial charge in [0, 0.05) is 26.6 Å². The lowest BCUT2D eigenvalue weighted by Crippen LogP contribution is -2.48. The molecule has 0 spiro atoms. The van der Waals surface area contributed by atoms with Crippen LogP contribution in [0.5, 0.6) is 0 Å². The first-order valence-electron chi connectivity index (χ1n) is 10.6. The second kappa shape index (κ2) is 12.3. The Labute approximate surface area is 205 Å². The SMILES string of the molecule is CC[C@H](C(=O)NC)N(Cc1ccc(Cl)c(Cl)c1)C(=O)CCCN(c1ccccc1)S(C)(=O)=O. The Kier molecular flexibility index (Phi) is 10.0. The van der Waals surface area contributed by atoms with E-state index in [-0.39, 0.29) is 31.3 Å². The van der Waals surface area contributed by atoms with Gasteiger partial charge in [-0.05, 0) is 42.7 Å². The molecule has 0 saturated heterocycles. The minimum absolute atomic E-state index is 0.0771. The number of benzene rings is 2. The van der Waals surface area contributed by atoms with Gasteiger partial charge in [0.15, 0.2) is 0 Å². The van der Waals surface area contributed by atoms with Crippen LogP contribution in [0.3, 0.4) is 0 Å². The zero-order valence-corrected chi connectivity index (χ0v) is 21.3. The van der Waals surface area contributed by atoms with Crippen LogP contribution in [0.2, 0.25) is 10.0 Å². The highest BCUT2D eigenvalue weighted by molar-refractivity contribution is 7.92. The number of hydrogen-bond donors (Lipinski definition) is 1. The lowest BCUT2D eigenvalue weighted by molar-refractivity contribution is -0.141. The van der Waals surface area contributed by atoms with Crippen molar-refractivity contribution in [3.63, 3.8) is 0 Å². The lowest BCUT2D eigenvalue weighted by Gasteiger charge is -2.31. The Morgan fingerprint density at radius 2 is 1.73 bits per heavy atom. The summed E-state index contributed by atoms with van der Waals surface area (Å²) in [5, 5.41) is 3.37. The summed E-state index contributed by atoms with van der Waals surface area (Å²) in [6, 6.07) is 13.1. The third kappa shape index (κ3) is 7.62. The van der Waals surface area contributed by atoms with E-state index in [9.17, 15) is 18.0 Å². The van der Waals surface area contributed by atoms with Crippen LogP contribution >= 0.6 is 23.2 Å². The van der Waals surface area contributed by atoms with Crippen molar-refractivity contribution in [3.8, 4) is 0 Å². The maximum Gasteiger partial charge on any atom is 0.242 e. The molecule has 2 rings (SSSR count). The van der Waals surface area contributed by atoms with Crippen LogP contribution in [0.25, 0.3) is 0 Å². The first-order chi connectivity index (χ1) is 15.6. The van der Waals surface area contributed by atoms with Gasteiger partial charge in [-0.25, -0.2) is 8.42 Å². The van der Waals surface area contributed by atoms with Crippen LogP contribution in [0.4, 0.5) is 5.69 Å². The molecule has 1 N–H and O–H groups in total. The number of likely N-dealkylation sites (N-methyl/N-ethyl adjacent to an activating group) is 1. The zero-order valence-electron chi connectivity index (χ0n) is 18.9. The summed E-state index contributed by atoms with van der Waals surface area (Å²) in [6.45, 7) is 2.15. The number of carbonyl (C=O) groups excluding carboxylic acids is 2. The van der Waals surface area contributed by atoms with Crippen LogP contribution in [-0.4, -0.2) is 51.0 Å². The van der Waals surface area contributed by atoms with Crippen molar-refractivity contribution in [2.24, 2.45) is 0 Å². The fourth-order valence-corrected chi connectivity index (χ4v) is 4.81. The number of para-hydroxylation sites is 1. The third-order valence-electron chi connectivity index (χ3n) is 5.17. The summed E-state index contributed by atoms with van der Waals surface area (Å²) >= 11 is 12.1. The van der Waals surface area contributed by atoms with Crippen molar-refractivity contribution in [2.75, 3.05) is 24.2 Å². The van der Waals surface area contributed by atoms with Gasteiger partial charge in [0.2, 0.25) is 21.8 Å². The van der Waals surface area contributed by atoms with Crippen LogP contribution in [0.15, 0.2) is 48.5 Å². The van der Waals surface area contributed by atoms with Gasteiger partial charge in [-0.2, -0.15) is 0 Å². The van der Waals surface area contributed by atoms with Crippen molar-refractivity contribution in [1.29, 1.82) is 0 Å². The van der Waals surface area contributed by atoms with E-state index in [2.05, 4.69) is 5.32 Å². The Hall–Kier alpha value is -2.29. The molecular formula is C23H29Cl2N3O4S. The van der Waals surface area contributed by atoms with E-state index in [1.807, 2.05) is 6.92 Å². The van der Waals surface area contributed by atoms with E-state index >= 15 is 0 Å². The van der Waals surface area contributed by atoms with Crippen molar-refractivity contribution < 1.29 is 18.0 Å². The predicted molar refractivity (Wildman–Crippen MR) is 133 cm³/mol. The van der Waals surface area contributed by atoms with E-state index in [0.29, 0.717) is 28.6 Å². The molecule has 0 radical (unpaired) electrons. The fraction of sp³-hybridized carbons (Fsp3) is 0.391. The Balaban J connectivity index is 2.19. The normalized spacial score (nSPS) is 12.2. The fourth-order valence-electron chi connectivity index (χ4n) is 3.52. The van der Waals surface area contributed by atoms with E-state index in [4.69, 9.17) is 23.2 Å². The number of carbonyl (C=O) groups is 2. The summed E-state index contributed by atoms with van der Waals surface area (Å²) in [5.41, 5.74) is 1.28. The molecule has 0 unspecified atom stereocenters. The Morgan fingerprint density at radius 3 is 2.27 bits per heavy atom. The monoisotopic (exact) mass is 513 g/mol. The summed E-state index contributed by atoms with van der Waals surface area (Å²) in [6.07, 6.45) is 1.93. The van der Waals surface area contributed by atoms with Crippen molar-refractivity contribution >= 4 is 50.7 Å². The highest BCUT2D eigenvalue weighted by Crippen LogP contribution is 2.24. The Morgan fingerprint density at radius 1 is 1.06 bits per heavy atom. The lowest BCUT2D eigenvalue weighted by atomic mass is 10.1. The molecule has 10 heteroatoms. The van der Waals surface area contributed by atoms with Gasteiger partial charge in [0.25, 0.3) is 0 Å². The number of halogens is 2. The molecule has 0 aromatic heterocycles. The number of nitrogens with one attached hydrogen (secondary N) is 1. The van der Waals surface area contributed by atoms with Crippen molar-refractivity contribution in [1.82, 2.24) is 10.2 Å². The van der Waals surface area contributed by atoms with Gasteiger partial charge in [0.05, 0.1) is 22.0 Å². The summed E-state index contributed by atoms with van der Waals surface area (Å²) in [4.78, 5) is 27.2. The first kappa shape index (κ1) is 27.0. The predicted octanol–water partition coefficient (Wildman–Crippen LogP) is 4.09. The average Bonchev–Trinajstić information content (AvgIpc) is 2.78. The molecule has 0 heterocycles. The molecule has 2 aromatic carbocycles. The molecule has 0 aliphatic rings. The van der Waals surface area contributed by atoms with Gasteiger partial charge in [0.1, 0.15) is 6.04 Å². The van der Waals surface area contributed by atoms with Gasteiger partial charge < -0.3 is 10.2 Å². The summed E-state index contributed by atoms with van der Waals surface area (Å²) < 4.78 is 25.8. The summed E-state index contributed by atoms with van der Waals surface area (Å²) in [7, 11) is -1.99. The van der Waals surface area contributed by atoms with Gasteiger partial charge >= 0.3 is 0 Å². The van der Waals surface area contributed by atoms with Gasteiger partial charge in [-0.1, -0.05) is 54.4 Å². The molecule has 2 amide bonds. The molecule has 7 nitrogen and oxygen atoms in total. The number of amides is 2. The van der Waals surface area contributed by atoms with Gasteiger partial charge in [-0.15, -0.1) is 0 Å². The molecule has 0 fully saturated rings. The first-order valence-corrected chi connectivity index (χ1v) is 13.2.